The first-order valence-corrected chi connectivity index (χ1v) is 14.0. The number of halogens is 1. The molecule has 0 atom stereocenters. The van der Waals surface area contributed by atoms with Gasteiger partial charge in [0.15, 0.2) is 5.78 Å². The minimum Gasteiger partial charge on any atom is -0.392 e. The molecule has 0 unspecified atom stereocenters. The molecular formula is C32H32FN7O3. The van der Waals surface area contributed by atoms with Crippen LogP contribution in [0.1, 0.15) is 27.0 Å². The number of aromatic nitrogens is 3. The average molecular weight is 582 g/mol. The SMILES string of the molecule is CN1CCN(c2ccc(Nc3nc(Nc4cc(CO)cc(CO)c4)c4c(C(=O)c5ccc(F)cc5)c[nH]c4n3)cc2)CC1. The Morgan fingerprint density at radius 3 is 2.21 bits per heavy atom. The molecule has 1 aliphatic rings. The molecule has 0 bridgehead atoms. The summed E-state index contributed by atoms with van der Waals surface area (Å²) in [5.74, 6) is -0.118. The lowest BCUT2D eigenvalue weighted by atomic mass is 10.0. The molecule has 0 saturated carbocycles. The summed E-state index contributed by atoms with van der Waals surface area (Å²) in [5, 5.41) is 26.5. The van der Waals surface area contributed by atoms with Gasteiger partial charge in [0.05, 0.1) is 24.2 Å². The van der Waals surface area contributed by atoms with Crippen molar-refractivity contribution in [2.75, 3.05) is 48.8 Å². The van der Waals surface area contributed by atoms with Gasteiger partial charge in [-0.25, -0.2) is 4.39 Å². The van der Waals surface area contributed by atoms with Gasteiger partial charge in [-0.05, 0) is 78.8 Å². The van der Waals surface area contributed by atoms with Crippen molar-refractivity contribution in [3.05, 3.63) is 101 Å². The van der Waals surface area contributed by atoms with E-state index in [0.717, 1.165) is 37.6 Å². The average Bonchev–Trinajstić information content (AvgIpc) is 3.46. The molecule has 0 spiro atoms. The number of ketones is 1. The monoisotopic (exact) mass is 581 g/mol. The second-order valence-electron chi connectivity index (χ2n) is 10.6. The van der Waals surface area contributed by atoms with Gasteiger partial charge in [-0.1, -0.05) is 6.07 Å². The zero-order valence-corrected chi connectivity index (χ0v) is 23.6. The molecule has 6 rings (SSSR count). The van der Waals surface area contributed by atoms with E-state index >= 15 is 0 Å². The van der Waals surface area contributed by atoms with Gasteiger partial charge >= 0.3 is 0 Å². The van der Waals surface area contributed by atoms with Crippen molar-refractivity contribution >= 4 is 45.6 Å². The summed E-state index contributed by atoms with van der Waals surface area (Å²) in [7, 11) is 2.13. The van der Waals surface area contributed by atoms with Crippen LogP contribution in [0.25, 0.3) is 11.0 Å². The molecule has 220 valence electrons. The van der Waals surface area contributed by atoms with Crippen molar-refractivity contribution < 1.29 is 19.4 Å². The van der Waals surface area contributed by atoms with E-state index in [1.807, 2.05) is 12.1 Å². The summed E-state index contributed by atoms with van der Waals surface area (Å²) >= 11 is 0. The molecule has 1 fully saturated rings. The molecule has 10 nitrogen and oxygen atoms in total. The number of H-pyrrole nitrogens is 1. The number of piperazine rings is 1. The second-order valence-corrected chi connectivity index (χ2v) is 10.6. The van der Waals surface area contributed by atoms with Gasteiger partial charge in [-0.15, -0.1) is 0 Å². The largest absolute Gasteiger partial charge is 0.392 e. The van der Waals surface area contributed by atoms with E-state index < -0.39 is 5.82 Å². The lowest BCUT2D eigenvalue weighted by molar-refractivity contribution is 0.104. The number of benzene rings is 3. The lowest BCUT2D eigenvalue weighted by Gasteiger charge is -2.34. The van der Waals surface area contributed by atoms with E-state index in [1.165, 1.54) is 24.3 Å². The number of nitrogens with one attached hydrogen (secondary N) is 3. The summed E-state index contributed by atoms with van der Waals surface area (Å²) in [6.07, 6.45) is 1.56. The summed E-state index contributed by atoms with van der Waals surface area (Å²) in [5.41, 5.74) is 4.77. The summed E-state index contributed by atoms with van der Waals surface area (Å²) in [6, 6.07) is 18.6. The van der Waals surface area contributed by atoms with Gasteiger partial charge in [-0.2, -0.15) is 9.97 Å². The molecule has 11 heteroatoms. The summed E-state index contributed by atoms with van der Waals surface area (Å²) in [4.78, 5) is 30.6. The fourth-order valence-electron chi connectivity index (χ4n) is 5.22. The fourth-order valence-corrected chi connectivity index (χ4v) is 5.22. The molecule has 5 aromatic rings. The number of anilines is 5. The highest BCUT2D eigenvalue weighted by atomic mass is 19.1. The van der Waals surface area contributed by atoms with Gasteiger partial charge < -0.3 is 35.6 Å². The first-order valence-electron chi connectivity index (χ1n) is 14.0. The summed E-state index contributed by atoms with van der Waals surface area (Å²) < 4.78 is 13.5. The Morgan fingerprint density at radius 1 is 0.884 bits per heavy atom. The van der Waals surface area contributed by atoms with Crippen LogP contribution in [0.15, 0.2) is 72.9 Å². The van der Waals surface area contributed by atoms with E-state index in [-0.39, 0.29) is 19.0 Å². The van der Waals surface area contributed by atoms with Crippen LogP contribution in [0.5, 0.6) is 0 Å². The molecule has 43 heavy (non-hydrogen) atoms. The number of aliphatic hydroxyl groups excluding tert-OH is 2. The number of fused-ring (bicyclic) bond motifs is 1. The number of carbonyl (C=O) groups is 1. The molecule has 3 aromatic carbocycles. The van der Waals surface area contributed by atoms with Crippen LogP contribution in [-0.4, -0.2) is 69.1 Å². The zero-order chi connectivity index (χ0) is 29.9. The Kier molecular flexibility index (Phi) is 8.01. The molecule has 2 aromatic heterocycles. The van der Waals surface area contributed by atoms with E-state index in [0.29, 0.717) is 50.7 Å². The fraction of sp³-hybridized carbons (Fsp3) is 0.219. The van der Waals surface area contributed by atoms with Crippen molar-refractivity contribution in [3.8, 4) is 0 Å². The number of aliphatic hydroxyl groups is 2. The first kappa shape index (κ1) is 28.3. The van der Waals surface area contributed by atoms with E-state index in [9.17, 15) is 19.4 Å². The maximum Gasteiger partial charge on any atom is 0.231 e. The third-order valence-corrected chi connectivity index (χ3v) is 7.55. The molecule has 1 aliphatic heterocycles. The molecule has 0 radical (unpaired) electrons. The Bertz CT molecular complexity index is 1730. The Labute approximate surface area is 247 Å². The Morgan fingerprint density at radius 2 is 1.56 bits per heavy atom. The number of nitrogens with zero attached hydrogens (tertiary/aromatic N) is 4. The van der Waals surface area contributed by atoms with E-state index in [2.05, 4.69) is 49.6 Å². The van der Waals surface area contributed by atoms with Crippen LogP contribution < -0.4 is 15.5 Å². The zero-order valence-electron chi connectivity index (χ0n) is 23.6. The lowest BCUT2D eigenvalue weighted by Crippen LogP contribution is -2.44. The van der Waals surface area contributed by atoms with Crippen molar-refractivity contribution in [2.24, 2.45) is 0 Å². The number of aromatic amines is 1. The molecule has 5 N–H and O–H groups in total. The van der Waals surface area contributed by atoms with Crippen LogP contribution in [0, 0.1) is 5.82 Å². The number of rotatable bonds is 9. The normalized spacial score (nSPS) is 13.8. The number of hydrogen-bond acceptors (Lipinski definition) is 9. The van der Waals surface area contributed by atoms with Crippen molar-refractivity contribution in [3.63, 3.8) is 0 Å². The highest BCUT2D eigenvalue weighted by Crippen LogP contribution is 2.32. The number of carbonyl (C=O) groups excluding carboxylic acids is 1. The number of likely N-dealkylation sites (N-methyl/N-ethyl adjacent to an activating group) is 1. The van der Waals surface area contributed by atoms with E-state index in [4.69, 9.17) is 4.98 Å². The summed E-state index contributed by atoms with van der Waals surface area (Å²) in [6.45, 7) is 3.56. The second kappa shape index (κ2) is 12.2. The van der Waals surface area contributed by atoms with Crippen LogP contribution >= 0.6 is 0 Å². The van der Waals surface area contributed by atoms with E-state index in [1.54, 1.807) is 24.4 Å². The molecule has 0 aliphatic carbocycles. The topological polar surface area (TPSA) is 130 Å². The first-order chi connectivity index (χ1) is 20.9. The quantitative estimate of drug-likeness (QED) is 0.159. The van der Waals surface area contributed by atoms with Gasteiger partial charge in [0.2, 0.25) is 5.95 Å². The van der Waals surface area contributed by atoms with Gasteiger partial charge in [0, 0.05) is 55.0 Å². The van der Waals surface area contributed by atoms with Crippen molar-refractivity contribution in [1.82, 2.24) is 19.9 Å². The predicted molar refractivity (Wildman–Crippen MR) is 165 cm³/mol. The maximum atomic E-state index is 13.5. The van der Waals surface area contributed by atoms with Crippen LogP contribution in [0.4, 0.5) is 33.2 Å². The smallest absolute Gasteiger partial charge is 0.231 e. The Balaban J connectivity index is 1.36. The predicted octanol–water partition coefficient (Wildman–Crippen LogP) is 4.55. The van der Waals surface area contributed by atoms with Crippen molar-refractivity contribution in [2.45, 2.75) is 13.2 Å². The van der Waals surface area contributed by atoms with Gasteiger partial charge in [-0.3, -0.25) is 4.79 Å². The molecular weight excluding hydrogens is 549 g/mol. The van der Waals surface area contributed by atoms with Crippen LogP contribution in [0.2, 0.25) is 0 Å². The maximum absolute atomic E-state index is 13.5. The minimum absolute atomic E-state index is 0.211. The standard InChI is InChI=1S/C32H32FN7O3/c1-39-10-12-40(13-11-39)26-8-6-24(7-9-26)36-32-37-30-28(27(17-34-30)29(43)22-2-4-23(33)5-3-22)31(38-32)35-25-15-20(18-41)14-21(16-25)19-42/h2-9,14-17,41-42H,10-13,18-19H2,1H3,(H3,34,35,36,37,38). The van der Waals surface area contributed by atoms with Crippen LogP contribution in [-0.2, 0) is 13.2 Å². The molecule has 1 saturated heterocycles. The highest BCUT2D eigenvalue weighted by Gasteiger charge is 2.21. The molecule has 0 amide bonds. The third-order valence-electron chi connectivity index (χ3n) is 7.55. The number of hydrogen-bond donors (Lipinski definition) is 5. The van der Waals surface area contributed by atoms with Crippen molar-refractivity contribution in [1.29, 1.82) is 0 Å². The highest BCUT2D eigenvalue weighted by molar-refractivity contribution is 6.18. The van der Waals surface area contributed by atoms with Crippen LogP contribution in [0.3, 0.4) is 0 Å². The third kappa shape index (κ3) is 6.19. The minimum atomic E-state index is -0.433. The molecule has 3 heterocycles. The van der Waals surface area contributed by atoms with Gasteiger partial charge in [0.25, 0.3) is 0 Å². The Hall–Kier alpha value is -4.84. The van der Waals surface area contributed by atoms with Gasteiger partial charge in [0.1, 0.15) is 17.3 Å².